The average Bonchev–Trinajstić information content (AvgIpc) is 2.64. The van der Waals surface area contributed by atoms with Crippen molar-refractivity contribution in [2.75, 3.05) is 13.1 Å². The zero-order valence-electron chi connectivity index (χ0n) is 14.9. The van der Waals surface area contributed by atoms with Gasteiger partial charge in [-0.1, -0.05) is 47.5 Å². The minimum atomic E-state index is -0.0218. The molecule has 1 aliphatic heterocycles. The van der Waals surface area contributed by atoms with Gasteiger partial charge in [0.05, 0.1) is 12.0 Å². The van der Waals surface area contributed by atoms with Crippen molar-refractivity contribution >= 4 is 29.1 Å². The second-order valence-electron chi connectivity index (χ2n) is 6.98. The van der Waals surface area contributed by atoms with Gasteiger partial charge >= 0.3 is 0 Å². The number of hydrogen-bond acceptors (Lipinski definition) is 2. The van der Waals surface area contributed by atoms with Crippen LogP contribution >= 0.6 is 23.2 Å². The summed E-state index contributed by atoms with van der Waals surface area (Å²) >= 11 is 11.9. The van der Waals surface area contributed by atoms with Crippen molar-refractivity contribution in [3.05, 3.63) is 69.7 Å². The maximum atomic E-state index is 12.7. The first-order chi connectivity index (χ1) is 12.5. The van der Waals surface area contributed by atoms with Crippen molar-refractivity contribution in [1.82, 2.24) is 10.2 Å². The molecule has 3 nitrogen and oxygen atoms in total. The molecular formula is C21H24Cl2N2O. The Bertz CT molecular complexity index is 731. The fourth-order valence-corrected chi connectivity index (χ4v) is 3.68. The summed E-state index contributed by atoms with van der Waals surface area (Å²) in [5.74, 6) is 0.166. The van der Waals surface area contributed by atoms with E-state index in [4.69, 9.17) is 23.2 Å². The summed E-state index contributed by atoms with van der Waals surface area (Å²) in [5, 5.41) is 4.61. The minimum Gasteiger partial charge on any atom is -0.349 e. The molecule has 0 unspecified atom stereocenters. The number of benzene rings is 2. The molecule has 1 heterocycles. The van der Waals surface area contributed by atoms with E-state index in [1.807, 2.05) is 43.3 Å². The van der Waals surface area contributed by atoms with Crippen LogP contribution in [0.1, 0.15) is 36.9 Å². The molecule has 1 saturated heterocycles. The van der Waals surface area contributed by atoms with E-state index in [9.17, 15) is 4.79 Å². The number of nitrogens with one attached hydrogen (secondary N) is 1. The van der Waals surface area contributed by atoms with Crippen LogP contribution in [0.15, 0.2) is 48.5 Å². The summed E-state index contributed by atoms with van der Waals surface area (Å²) < 4.78 is 0. The average molecular weight is 391 g/mol. The molecule has 2 atom stereocenters. The SMILES string of the molecule is C[C@H](NC(=O)[C@H]1CCCN(Cc2ccc(Cl)cc2)C1)c1ccc(Cl)cc1. The van der Waals surface area contributed by atoms with Gasteiger partial charge < -0.3 is 5.32 Å². The van der Waals surface area contributed by atoms with Gasteiger partial charge in [-0.15, -0.1) is 0 Å². The molecule has 1 aliphatic rings. The van der Waals surface area contributed by atoms with Crippen LogP contribution in [-0.4, -0.2) is 23.9 Å². The third-order valence-corrected chi connectivity index (χ3v) is 5.43. The highest BCUT2D eigenvalue weighted by Crippen LogP contribution is 2.22. The van der Waals surface area contributed by atoms with Gasteiger partial charge in [-0.2, -0.15) is 0 Å². The molecule has 1 fully saturated rings. The third kappa shape index (κ3) is 5.23. The molecule has 0 bridgehead atoms. The van der Waals surface area contributed by atoms with Crippen LogP contribution in [0.5, 0.6) is 0 Å². The lowest BCUT2D eigenvalue weighted by Gasteiger charge is -2.32. The van der Waals surface area contributed by atoms with Gasteiger partial charge in [0.2, 0.25) is 5.91 Å². The number of carbonyl (C=O) groups excluding carboxylic acids is 1. The van der Waals surface area contributed by atoms with Crippen LogP contribution in [0.4, 0.5) is 0 Å². The monoisotopic (exact) mass is 390 g/mol. The smallest absolute Gasteiger partial charge is 0.224 e. The molecule has 2 aromatic rings. The molecule has 26 heavy (non-hydrogen) atoms. The normalized spacial score (nSPS) is 19.1. The zero-order valence-corrected chi connectivity index (χ0v) is 16.4. The first-order valence-corrected chi connectivity index (χ1v) is 9.79. The Morgan fingerprint density at radius 1 is 1.12 bits per heavy atom. The van der Waals surface area contributed by atoms with Gasteiger partial charge in [-0.05, 0) is 61.7 Å². The Morgan fingerprint density at radius 3 is 2.38 bits per heavy atom. The second-order valence-corrected chi connectivity index (χ2v) is 7.86. The highest BCUT2D eigenvalue weighted by Gasteiger charge is 2.26. The summed E-state index contributed by atoms with van der Waals surface area (Å²) in [6, 6.07) is 15.5. The molecule has 0 radical (unpaired) electrons. The number of halogens is 2. The van der Waals surface area contributed by atoms with Gasteiger partial charge in [0.25, 0.3) is 0 Å². The lowest BCUT2D eigenvalue weighted by molar-refractivity contribution is -0.127. The molecule has 0 spiro atoms. The molecule has 138 valence electrons. The Morgan fingerprint density at radius 2 is 1.73 bits per heavy atom. The van der Waals surface area contributed by atoms with Gasteiger partial charge in [0, 0.05) is 23.1 Å². The Balaban J connectivity index is 1.55. The standard InChI is InChI=1S/C21H24Cl2N2O/c1-15(17-6-10-20(23)11-7-17)24-21(26)18-3-2-12-25(14-18)13-16-4-8-19(22)9-5-16/h4-11,15,18H,2-3,12-14H2,1H3,(H,24,26)/t15-,18-/m0/s1. The molecule has 1 N–H and O–H groups in total. The van der Waals surface area contributed by atoms with E-state index < -0.39 is 0 Å². The second kappa shape index (κ2) is 8.90. The fraction of sp³-hybridized carbons (Fsp3) is 0.381. The number of carbonyl (C=O) groups is 1. The quantitative estimate of drug-likeness (QED) is 0.771. The largest absolute Gasteiger partial charge is 0.349 e. The molecule has 0 aromatic heterocycles. The van der Waals surface area contributed by atoms with Crippen molar-refractivity contribution in [2.45, 2.75) is 32.4 Å². The first-order valence-electron chi connectivity index (χ1n) is 9.04. The van der Waals surface area contributed by atoms with Crippen LogP contribution in [0.2, 0.25) is 10.0 Å². The van der Waals surface area contributed by atoms with E-state index in [1.165, 1.54) is 5.56 Å². The Hall–Kier alpha value is -1.55. The van der Waals surface area contributed by atoms with Crippen molar-refractivity contribution in [2.24, 2.45) is 5.92 Å². The maximum absolute atomic E-state index is 12.7. The summed E-state index contributed by atoms with van der Waals surface area (Å²) in [7, 11) is 0. The van der Waals surface area contributed by atoms with Crippen LogP contribution in [0.25, 0.3) is 0 Å². The van der Waals surface area contributed by atoms with E-state index >= 15 is 0 Å². The summed E-state index contributed by atoms with van der Waals surface area (Å²) in [5.41, 5.74) is 2.29. The number of hydrogen-bond donors (Lipinski definition) is 1. The number of rotatable bonds is 5. The first kappa shape index (κ1) is 19.2. The van der Waals surface area contributed by atoms with Crippen LogP contribution in [0.3, 0.4) is 0 Å². The number of likely N-dealkylation sites (tertiary alicyclic amines) is 1. The molecule has 1 amide bonds. The van der Waals surface area contributed by atoms with Crippen LogP contribution in [-0.2, 0) is 11.3 Å². The Kier molecular flexibility index (Phi) is 6.58. The van der Waals surface area contributed by atoms with Crippen molar-refractivity contribution in [1.29, 1.82) is 0 Å². The maximum Gasteiger partial charge on any atom is 0.224 e. The van der Waals surface area contributed by atoms with Crippen molar-refractivity contribution in [3.8, 4) is 0 Å². The highest BCUT2D eigenvalue weighted by molar-refractivity contribution is 6.30. The molecule has 5 heteroatoms. The number of amides is 1. The third-order valence-electron chi connectivity index (χ3n) is 4.92. The Labute approximate surface area is 165 Å². The van der Waals surface area contributed by atoms with E-state index in [1.54, 1.807) is 0 Å². The number of nitrogens with zero attached hydrogens (tertiary/aromatic N) is 1. The predicted molar refractivity (Wildman–Crippen MR) is 107 cm³/mol. The molecule has 2 aromatic carbocycles. The molecule has 0 aliphatic carbocycles. The molecular weight excluding hydrogens is 367 g/mol. The lowest BCUT2D eigenvalue weighted by atomic mass is 9.96. The highest BCUT2D eigenvalue weighted by atomic mass is 35.5. The van der Waals surface area contributed by atoms with Gasteiger partial charge in [-0.25, -0.2) is 0 Å². The van der Waals surface area contributed by atoms with Crippen molar-refractivity contribution < 1.29 is 4.79 Å². The van der Waals surface area contributed by atoms with E-state index in [0.717, 1.165) is 43.1 Å². The topological polar surface area (TPSA) is 32.3 Å². The van der Waals surface area contributed by atoms with Gasteiger partial charge in [0.15, 0.2) is 0 Å². The fourth-order valence-electron chi connectivity index (χ4n) is 3.43. The van der Waals surface area contributed by atoms with E-state index in [0.29, 0.717) is 5.02 Å². The van der Waals surface area contributed by atoms with Gasteiger partial charge in [0.1, 0.15) is 0 Å². The minimum absolute atomic E-state index is 0.0218. The number of piperidine rings is 1. The van der Waals surface area contributed by atoms with E-state index in [2.05, 4.69) is 22.3 Å². The summed E-state index contributed by atoms with van der Waals surface area (Å²) in [4.78, 5) is 15.1. The zero-order chi connectivity index (χ0) is 18.5. The van der Waals surface area contributed by atoms with Crippen molar-refractivity contribution in [3.63, 3.8) is 0 Å². The molecule has 0 saturated carbocycles. The predicted octanol–water partition coefficient (Wildman–Crippen LogP) is 5.08. The summed E-state index contributed by atoms with van der Waals surface area (Å²) in [6.07, 6.45) is 1.98. The molecule has 3 rings (SSSR count). The lowest BCUT2D eigenvalue weighted by Crippen LogP contribution is -2.43. The van der Waals surface area contributed by atoms with Crippen LogP contribution < -0.4 is 5.32 Å². The summed E-state index contributed by atoms with van der Waals surface area (Å²) in [6.45, 7) is 4.68. The van der Waals surface area contributed by atoms with E-state index in [-0.39, 0.29) is 17.9 Å². The van der Waals surface area contributed by atoms with Crippen LogP contribution in [0, 0.1) is 5.92 Å². The van der Waals surface area contributed by atoms with Gasteiger partial charge in [-0.3, -0.25) is 9.69 Å².